The second-order valence-corrected chi connectivity index (χ2v) is 5.64. The molecule has 7 heteroatoms. The summed E-state index contributed by atoms with van der Waals surface area (Å²) >= 11 is 0. The van der Waals surface area contributed by atoms with Crippen molar-refractivity contribution < 1.29 is 4.79 Å². The number of pyridine rings is 1. The van der Waals surface area contributed by atoms with Crippen LogP contribution in [-0.4, -0.2) is 39.8 Å². The summed E-state index contributed by atoms with van der Waals surface area (Å²) < 4.78 is 1.61. The number of nitrogens with one attached hydrogen (secondary N) is 1. The fraction of sp³-hybridized carbons (Fsp3) is 0.375. The Balaban J connectivity index is 1.69. The van der Waals surface area contributed by atoms with Crippen LogP contribution in [0, 0.1) is 11.3 Å². The minimum Gasteiger partial charge on any atom is -0.367 e. The van der Waals surface area contributed by atoms with Crippen molar-refractivity contribution in [2.45, 2.75) is 18.9 Å². The van der Waals surface area contributed by atoms with Crippen LogP contribution in [-0.2, 0) is 7.05 Å². The summed E-state index contributed by atoms with van der Waals surface area (Å²) in [5, 5.41) is 16.3. The normalized spacial score (nSPS) is 17.6. The summed E-state index contributed by atoms with van der Waals surface area (Å²) in [5.41, 5.74) is 1.81. The average Bonchev–Trinajstić information content (AvgIpc) is 3.02. The number of nitrogens with zero attached hydrogens (tertiary/aromatic N) is 5. The Bertz CT molecular complexity index is 747. The quantitative estimate of drug-likeness (QED) is 0.917. The van der Waals surface area contributed by atoms with Crippen molar-refractivity contribution >= 4 is 11.6 Å². The lowest BCUT2D eigenvalue weighted by Gasteiger charge is -2.34. The number of aromatic nitrogens is 3. The predicted octanol–water partition coefficient (Wildman–Crippen LogP) is 1.09. The fourth-order valence-corrected chi connectivity index (χ4v) is 2.86. The first kappa shape index (κ1) is 15.0. The van der Waals surface area contributed by atoms with E-state index in [1.807, 2.05) is 12.1 Å². The molecule has 3 rings (SSSR count). The SMILES string of the molecule is Cn1cc(C(=O)NC2CCCN(c3cccnc3C#N)C2)cn1. The third-order valence-corrected chi connectivity index (χ3v) is 3.96. The number of carbonyl (C=O) groups is 1. The molecule has 2 aromatic rings. The molecular formula is C16H18N6O. The first-order chi connectivity index (χ1) is 11.2. The van der Waals surface area contributed by atoms with Gasteiger partial charge in [0.15, 0.2) is 5.69 Å². The van der Waals surface area contributed by atoms with Gasteiger partial charge in [-0.15, -0.1) is 0 Å². The molecule has 1 saturated heterocycles. The van der Waals surface area contributed by atoms with Gasteiger partial charge in [0, 0.05) is 38.6 Å². The summed E-state index contributed by atoms with van der Waals surface area (Å²) in [5.74, 6) is -0.114. The van der Waals surface area contributed by atoms with E-state index in [1.54, 1.807) is 30.3 Å². The third-order valence-electron chi connectivity index (χ3n) is 3.96. The van der Waals surface area contributed by atoms with Crippen molar-refractivity contribution in [1.82, 2.24) is 20.1 Å². The molecule has 2 aromatic heterocycles. The summed E-state index contributed by atoms with van der Waals surface area (Å²) in [7, 11) is 1.78. The van der Waals surface area contributed by atoms with Gasteiger partial charge in [-0.3, -0.25) is 9.48 Å². The fourth-order valence-electron chi connectivity index (χ4n) is 2.86. The molecule has 0 spiro atoms. The summed E-state index contributed by atoms with van der Waals surface area (Å²) in [6, 6.07) is 5.90. The number of amides is 1. The lowest BCUT2D eigenvalue weighted by atomic mass is 10.0. The molecule has 1 fully saturated rings. The highest BCUT2D eigenvalue weighted by molar-refractivity contribution is 5.93. The molecule has 0 radical (unpaired) electrons. The van der Waals surface area contributed by atoms with Crippen LogP contribution in [0.1, 0.15) is 28.9 Å². The molecule has 7 nitrogen and oxygen atoms in total. The standard InChI is InChI=1S/C16H18N6O/c1-21-10-12(9-19-21)16(23)20-13-4-3-7-22(11-13)15-5-2-6-18-14(15)8-17/h2,5-6,9-10,13H,3-4,7,11H2,1H3,(H,20,23). The van der Waals surface area contributed by atoms with Gasteiger partial charge >= 0.3 is 0 Å². The van der Waals surface area contributed by atoms with E-state index in [0.29, 0.717) is 17.8 Å². The molecule has 23 heavy (non-hydrogen) atoms. The molecule has 0 aromatic carbocycles. The van der Waals surface area contributed by atoms with E-state index in [-0.39, 0.29) is 11.9 Å². The van der Waals surface area contributed by atoms with E-state index < -0.39 is 0 Å². The number of nitriles is 1. The van der Waals surface area contributed by atoms with Gasteiger partial charge in [-0.2, -0.15) is 10.4 Å². The molecule has 1 atom stereocenters. The van der Waals surface area contributed by atoms with Gasteiger partial charge in [-0.1, -0.05) is 0 Å². The number of hydrogen-bond donors (Lipinski definition) is 1. The van der Waals surface area contributed by atoms with Crippen LogP contribution >= 0.6 is 0 Å². The van der Waals surface area contributed by atoms with Crippen LogP contribution in [0.25, 0.3) is 0 Å². The van der Waals surface area contributed by atoms with Gasteiger partial charge in [0.1, 0.15) is 6.07 Å². The minimum absolute atomic E-state index is 0.0446. The number of piperidine rings is 1. The van der Waals surface area contributed by atoms with E-state index >= 15 is 0 Å². The second-order valence-electron chi connectivity index (χ2n) is 5.64. The van der Waals surface area contributed by atoms with Crippen LogP contribution in [0.2, 0.25) is 0 Å². The number of anilines is 1. The Labute approximate surface area is 134 Å². The number of aryl methyl sites for hydroxylation is 1. The van der Waals surface area contributed by atoms with Crippen LogP contribution < -0.4 is 10.2 Å². The second kappa shape index (κ2) is 6.48. The number of hydrogen-bond acceptors (Lipinski definition) is 5. The Hall–Kier alpha value is -2.88. The van der Waals surface area contributed by atoms with Crippen LogP contribution in [0.3, 0.4) is 0 Å². The van der Waals surface area contributed by atoms with Crippen LogP contribution in [0.4, 0.5) is 5.69 Å². The van der Waals surface area contributed by atoms with E-state index in [4.69, 9.17) is 0 Å². The number of rotatable bonds is 3. The summed E-state index contributed by atoms with van der Waals surface area (Å²) in [6.07, 6.45) is 6.76. The average molecular weight is 310 g/mol. The lowest BCUT2D eigenvalue weighted by Crippen LogP contribution is -2.48. The molecule has 0 aliphatic carbocycles. The van der Waals surface area contributed by atoms with Crippen LogP contribution in [0.15, 0.2) is 30.7 Å². The first-order valence-electron chi connectivity index (χ1n) is 7.57. The zero-order chi connectivity index (χ0) is 16.2. The molecule has 1 aliphatic heterocycles. The van der Waals surface area contributed by atoms with E-state index in [2.05, 4.69) is 26.4 Å². The van der Waals surface area contributed by atoms with Gasteiger partial charge < -0.3 is 10.2 Å². The van der Waals surface area contributed by atoms with Gasteiger partial charge in [-0.25, -0.2) is 4.98 Å². The van der Waals surface area contributed by atoms with E-state index in [1.165, 1.54) is 0 Å². The maximum absolute atomic E-state index is 12.2. The Morgan fingerprint density at radius 1 is 1.52 bits per heavy atom. The smallest absolute Gasteiger partial charge is 0.254 e. The summed E-state index contributed by atoms with van der Waals surface area (Å²) in [4.78, 5) is 18.5. The van der Waals surface area contributed by atoms with E-state index in [9.17, 15) is 10.1 Å². The molecule has 1 aliphatic rings. The molecule has 0 bridgehead atoms. The van der Waals surface area contributed by atoms with Gasteiger partial charge in [-0.05, 0) is 25.0 Å². The van der Waals surface area contributed by atoms with Crippen LogP contribution in [0.5, 0.6) is 0 Å². The molecular weight excluding hydrogens is 292 g/mol. The van der Waals surface area contributed by atoms with Gasteiger partial charge in [0.05, 0.1) is 17.4 Å². The van der Waals surface area contributed by atoms with Crippen molar-refractivity contribution in [3.63, 3.8) is 0 Å². The Kier molecular flexibility index (Phi) is 4.24. The van der Waals surface area contributed by atoms with Crippen molar-refractivity contribution in [3.8, 4) is 6.07 Å². The third kappa shape index (κ3) is 3.31. The Morgan fingerprint density at radius 3 is 3.13 bits per heavy atom. The largest absolute Gasteiger partial charge is 0.367 e. The van der Waals surface area contributed by atoms with Gasteiger partial charge in [0.25, 0.3) is 5.91 Å². The zero-order valence-electron chi connectivity index (χ0n) is 12.9. The van der Waals surface area contributed by atoms with Crippen molar-refractivity contribution in [3.05, 3.63) is 42.0 Å². The number of carbonyl (C=O) groups excluding carboxylic acids is 1. The highest BCUT2D eigenvalue weighted by Gasteiger charge is 2.24. The lowest BCUT2D eigenvalue weighted by molar-refractivity contribution is 0.0933. The Morgan fingerprint density at radius 2 is 2.39 bits per heavy atom. The molecule has 1 amide bonds. The van der Waals surface area contributed by atoms with Crippen molar-refractivity contribution in [1.29, 1.82) is 5.26 Å². The van der Waals surface area contributed by atoms with Crippen molar-refractivity contribution in [2.75, 3.05) is 18.0 Å². The zero-order valence-corrected chi connectivity index (χ0v) is 12.9. The molecule has 118 valence electrons. The van der Waals surface area contributed by atoms with Crippen molar-refractivity contribution in [2.24, 2.45) is 7.05 Å². The molecule has 1 unspecified atom stereocenters. The van der Waals surface area contributed by atoms with Gasteiger partial charge in [0.2, 0.25) is 0 Å². The maximum Gasteiger partial charge on any atom is 0.254 e. The highest BCUT2D eigenvalue weighted by atomic mass is 16.1. The van der Waals surface area contributed by atoms with E-state index in [0.717, 1.165) is 25.1 Å². The predicted molar refractivity (Wildman–Crippen MR) is 84.9 cm³/mol. The minimum atomic E-state index is -0.114. The first-order valence-corrected chi connectivity index (χ1v) is 7.57. The molecule has 3 heterocycles. The maximum atomic E-state index is 12.2. The molecule has 1 N–H and O–H groups in total. The molecule has 0 saturated carbocycles. The summed E-state index contributed by atoms with van der Waals surface area (Å²) in [6.45, 7) is 1.53. The topological polar surface area (TPSA) is 86.8 Å². The highest BCUT2D eigenvalue weighted by Crippen LogP contribution is 2.22. The monoisotopic (exact) mass is 310 g/mol.